The normalized spacial score (nSPS) is 19.9. The summed E-state index contributed by atoms with van der Waals surface area (Å²) >= 11 is 0. The van der Waals surface area contributed by atoms with Crippen LogP contribution in [0.1, 0.15) is 31.0 Å². The summed E-state index contributed by atoms with van der Waals surface area (Å²) in [4.78, 5) is 30.4. The summed E-state index contributed by atoms with van der Waals surface area (Å²) in [6.45, 7) is 7.48. The van der Waals surface area contributed by atoms with E-state index < -0.39 is 17.7 Å². The molecule has 1 atom stereocenters. The predicted octanol–water partition coefficient (Wildman–Crippen LogP) is 3.24. The van der Waals surface area contributed by atoms with Gasteiger partial charge in [0.2, 0.25) is 0 Å². The van der Waals surface area contributed by atoms with Crippen molar-refractivity contribution in [1.82, 2.24) is 9.80 Å². The lowest BCUT2D eigenvalue weighted by Crippen LogP contribution is -2.42. The summed E-state index contributed by atoms with van der Waals surface area (Å²) in [5.74, 6) is 0.0171. The molecule has 2 saturated heterocycles. The van der Waals surface area contributed by atoms with Gasteiger partial charge >= 0.3 is 0 Å². The smallest absolute Gasteiger partial charge is 0.295 e. The van der Waals surface area contributed by atoms with Gasteiger partial charge in [-0.05, 0) is 56.3 Å². The van der Waals surface area contributed by atoms with Gasteiger partial charge in [-0.3, -0.25) is 14.5 Å². The molecule has 1 amide bonds. The zero-order chi connectivity index (χ0) is 26.5. The third kappa shape index (κ3) is 5.73. The van der Waals surface area contributed by atoms with E-state index in [9.17, 15) is 14.7 Å². The highest BCUT2D eigenvalue weighted by atomic mass is 16.5. The summed E-state index contributed by atoms with van der Waals surface area (Å²) < 4.78 is 22.2. The molecule has 1 unspecified atom stereocenters. The lowest BCUT2D eigenvalue weighted by Gasteiger charge is -2.31. The van der Waals surface area contributed by atoms with Crippen LogP contribution in [-0.4, -0.2) is 86.3 Å². The fraction of sp³-hybridized carbons (Fsp3) is 0.429. The lowest BCUT2D eigenvalue weighted by atomic mass is 9.94. The Bertz CT molecular complexity index is 1150. The van der Waals surface area contributed by atoms with Crippen molar-refractivity contribution in [2.75, 3.05) is 53.6 Å². The van der Waals surface area contributed by atoms with Crippen LogP contribution in [0.25, 0.3) is 5.76 Å². The highest BCUT2D eigenvalue weighted by Crippen LogP contribution is 2.43. The molecule has 0 aromatic heterocycles. The Morgan fingerprint density at radius 3 is 2.30 bits per heavy atom. The molecule has 9 heteroatoms. The summed E-state index contributed by atoms with van der Waals surface area (Å²) in [7, 11) is 3.07. The van der Waals surface area contributed by atoms with E-state index in [1.807, 2.05) is 13.8 Å². The average molecular weight is 511 g/mol. The average Bonchev–Trinajstić information content (AvgIpc) is 3.16. The van der Waals surface area contributed by atoms with E-state index in [2.05, 4.69) is 4.90 Å². The maximum Gasteiger partial charge on any atom is 0.295 e. The molecule has 0 bridgehead atoms. The SMILES string of the molecule is COc1ccc(OC)c(C2/C(=C(\O)c3ccc(OC(C)C)cc3)C(=O)C(=O)N2CCN2CCOCC2)c1. The predicted molar refractivity (Wildman–Crippen MR) is 138 cm³/mol. The molecule has 198 valence electrons. The second-order valence-electron chi connectivity index (χ2n) is 9.25. The van der Waals surface area contributed by atoms with Gasteiger partial charge in [0.25, 0.3) is 11.7 Å². The third-order valence-corrected chi connectivity index (χ3v) is 6.53. The summed E-state index contributed by atoms with van der Waals surface area (Å²) in [5, 5.41) is 11.4. The van der Waals surface area contributed by atoms with Crippen molar-refractivity contribution >= 4 is 17.4 Å². The first kappa shape index (κ1) is 26.5. The Balaban J connectivity index is 1.78. The van der Waals surface area contributed by atoms with Crippen LogP contribution in [0.15, 0.2) is 48.0 Å². The molecule has 9 nitrogen and oxygen atoms in total. The van der Waals surface area contributed by atoms with Crippen LogP contribution in [0.5, 0.6) is 17.2 Å². The number of hydrogen-bond donors (Lipinski definition) is 1. The van der Waals surface area contributed by atoms with Crippen molar-refractivity contribution in [1.29, 1.82) is 0 Å². The van der Waals surface area contributed by atoms with Gasteiger partial charge in [0.1, 0.15) is 23.0 Å². The van der Waals surface area contributed by atoms with E-state index >= 15 is 0 Å². The number of rotatable bonds is 9. The molecular weight excluding hydrogens is 476 g/mol. The van der Waals surface area contributed by atoms with Crippen molar-refractivity contribution in [2.45, 2.75) is 26.0 Å². The topological polar surface area (TPSA) is 97.8 Å². The number of hydrogen-bond acceptors (Lipinski definition) is 8. The minimum absolute atomic E-state index is 0.00300. The van der Waals surface area contributed by atoms with Crippen LogP contribution in [0.4, 0.5) is 0 Å². The van der Waals surface area contributed by atoms with Crippen LogP contribution in [-0.2, 0) is 14.3 Å². The maximum absolute atomic E-state index is 13.4. The monoisotopic (exact) mass is 510 g/mol. The number of likely N-dealkylation sites (tertiary alicyclic amines) is 1. The zero-order valence-corrected chi connectivity index (χ0v) is 21.7. The minimum atomic E-state index is -0.849. The highest BCUT2D eigenvalue weighted by Gasteiger charge is 2.47. The molecular formula is C28H34N2O7. The molecule has 0 radical (unpaired) electrons. The van der Waals surface area contributed by atoms with Crippen molar-refractivity contribution in [2.24, 2.45) is 0 Å². The number of methoxy groups -OCH3 is 2. The number of nitrogens with zero attached hydrogens (tertiary/aromatic N) is 2. The number of morpholine rings is 1. The molecule has 4 rings (SSSR count). The second-order valence-corrected chi connectivity index (χ2v) is 9.25. The number of aliphatic hydroxyl groups is 1. The van der Waals surface area contributed by atoms with E-state index in [-0.39, 0.29) is 17.4 Å². The van der Waals surface area contributed by atoms with Gasteiger partial charge in [0.05, 0.1) is 45.2 Å². The summed E-state index contributed by atoms with van der Waals surface area (Å²) in [6, 6.07) is 11.2. The standard InChI is InChI=1S/C28H34N2O7/c1-18(2)37-20-7-5-19(6-8-20)26(31)24-25(22-17-21(34-3)9-10-23(22)35-4)30(28(33)27(24)32)12-11-29-13-15-36-16-14-29/h5-10,17-18,25,31H,11-16H2,1-4H3/b26-24+. The molecule has 2 heterocycles. The number of ketones is 1. The number of ether oxygens (including phenoxy) is 4. The van der Waals surface area contributed by atoms with E-state index in [0.29, 0.717) is 54.7 Å². The first-order valence-electron chi connectivity index (χ1n) is 12.4. The number of carbonyl (C=O) groups is 2. The van der Waals surface area contributed by atoms with Crippen molar-refractivity contribution in [3.05, 3.63) is 59.2 Å². The van der Waals surface area contributed by atoms with Gasteiger partial charge in [-0.2, -0.15) is 0 Å². The number of Topliss-reactive ketones (excluding diaryl/α,β-unsaturated/α-hetero) is 1. The number of carbonyl (C=O) groups excluding carboxylic acids is 2. The van der Waals surface area contributed by atoms with Crippen LogP contribution < -0.4 is 14.2 Å². The molecule has 37 heavy (non-hydrogen) atoms. The maximum atomic E-state index is 13.4. The van der Waals surface area contributed by atoms with Gasteiger partial charge in [-0.25, -0.2) is 0 Å². The fourth-order valence-corrected chi connectivity index (χ4v) is 4.68. The number of amides is 1. The Hall–Kier alpha value is -3.56. The largest absolute Gasteiger partial charge is 0.507 e. The minimum Gasteiger partial charge on any atom is -0.507 e. The Kier molecular flexibility index (Phi) is 8.35. The van der Waals surface area contributed by atoms with Crippen LogP contribution >= 0.6 is 0 Å². The first-order valence-corrected chi connectivity index (χ1v) is 12.4. The molecule has 2 aliphatic heterocycles. The quantitative estimate of drug-likeness (QED) is 0.312. The van der Waals surface area contributed by atoms with E-state index in [0.717, 1.165) is 13.1 Å². The third-order valence-electron chi connectivity index (χ3n) is 6.53. The van der Waals surface area contributed by atoms with E-state index in [1.165, 1.54) is 12.0 Å². The molecule has 0 saturated carbocycles. The van der Waals surface area contributed by atoms with Crippen molar-refractivity contribution in [3.8, 4) is 17.2 Å². The van der Waals surface area contributed by atoms with Gasteiger partial charge in [0.15, 0.2) is 0 Å². The van der Waals surface area contributed by atoms with Crippen molar-refractivity contribution < 1.29 is 33.6 Å². The number of aliphatic hydroxyl groups excluding tert-OH is 1. The van der Waals surface area contributed by atoms with Gasteiger partial charge in [0, 0.05) is 37.3 Å². The molecule has 0 aliphatic carbocycles. The molecule has 2 fully saturated rings. The van der Waals surface area contributed by atoms with Gasteiger partial charge < -0.3 is 29.0 Å². The van der Waals surface area contributed by atoms with Gasteiger partial charge in [-0.1, -0.05) is 0 Å². The van der Waals surface area contributed by atoms with Crippen LogP contribution in [0, 0.1) is 0 Å². The molecule has 2 aromatic carbocycles. The molecule has 1 N–H and O–H groups in total. The second kappa shape index (κ2) is 11.7. The van der Waals surface area contributed by atoms with Crippen LogP contribution in [0.2, 0.25) is 0 Å². The van der Waals surface area contributed by atoms with E-state index in [1.54, 1.807) is 49.6 Å². The van der Waals surface area contributed by atoms with Crippen molar-refractivity contribution in [3.63, 3.8) is 0 Å². The van der Waals surface area contributed by atoms with Gasteiger partial charge in [-0.15, -0.1) is 0 Å². The highest BCUT2D eigenvalue weighted by molar-refractivity contribution is 6.46. The zero-order valence-electron chi connectivity index (χ0n) is 21.7. The summed E-state index contributed by atoms with van der Waals surface area (Å²) in [6.07, 6.45) is -0.00300. The Morgan fingerprint density at radius 1 is 1.00 bits per heavy atom. The molecule has 0 spiro atoms. The Morgan fingerprint density at radius 2 is 1.68 bits per heavy atom. The Labute approximate surface area is 217 Å². The van der Waals surface area contributed by atoms with Crippen LogP contribution in [0.3, 0.4) is 0 Å². The summed E-state index contributed by atoms with van der Waals surface area (Å²) in [5.41, 5.74) is 0.981. The van der Waals surface area contributed by atoms with E-state index in [4.69, 9.17) is 18.9 Å². The first-order chi connectivity index (χ1) is 17.8. The molecule has 2 aliphatic rings. The lowest BCUT2D eigenvalue weighted by molar-refractivity contribution is -0.140. The number of benzene rings is 2. The fourth-order valence-electron chi connectivity index (χ4n) is 4.68. The molecule has 2 aromatic rings.